The van der Waals surface area contributed by atoms with E-state index in [-0.39, 0.29) is 24.1 Å². The molecule has 2 nitrogen and oxygen atoms in total. The van der Waals surface area contributed by atoms with E-state index < -0.39 is 0 Å². The lowest BCUT2D eigenvalue weighted by Gasteiger charge is -2.07. The molecular weight excluding hydrogens is 202 g/mol. The van der Waals surface area contributed by atoms with Gasteiger partial charge in [0.2, 0.25) is 0 Å². The number of hydrogen-bond donors (Lipinski definition) is 1. The first-order chi connectivity index (χ1) is 5.57. The van der Waals surface area contributed by atoms with Crippen molar-refractivity contribution in [1.29, 1.82) is 0 Å². The van der Waals surface area contributed by atoms with Gasteiger partial charge >= 0.3 is 0 Å². The molecule has 0 heterocycles. The van der Waals surface area contributed by atoms with Crippen molar-refractivity contribution in [1.82, 2.24) is 0 Å². The van der Waals surface area contributed by atoms with Crippen LogP contribution in [0.3, 0.4) is 0 Å². The van der Waals surface area contributed by atoms with Gasteiger partial charge in [0, 0.05) is 0 Å². The fourth-order valence-electron chi connectivity index (χ4n) is 1.16. The summed E-state index contributed by atoms with van der Waals surface area (Å²) >= 11 is 0. The molecule has 0 aromatic heterocycles. The fourth-order valence-corrected chi connectivity index (χ4v) is 1.63. The predicted molar refractivity (Wildman–Crippen MR) is 60.7 cm³/mol. The second-order valence-corrected chi connectivity index (χ2v) is 3.53. The van der Waals surface area contributed by atoms with Crippen molar-refractivity contribution in [3.63, 3.8) is 0 Å². The van der Waals surface area contributed by atoms with Crippen molar-refractivity contribution in [3.05, 3.63) is 22.8 Å². The van der Waals surface area contributed by atoms with Gasteiger partial charge in [-0.1, -0.05) is 0 Å². The number of benzene rings is 1. The number of phenols is 1. The van der Waals surface area contributed by atoms with Crippen molar-refractivity contribution in [2.45, 2.75) is 20.8 Å². The van der Waals surface area contributed by atoms with E-state index in [1.165, 1.54) is 0 Å². The van der Waals surface area contributed by atoms with Gasteiger partial charge in [-0.05, 0) is 43.5 Å². The van der Waals surface area contributed by atoms with Crippen molar-refractivity contribution in [2.24, 2.45) is 0 Å². The molecule has 1 aromatic rings. The van der Waals surface area contributed by atoms with Crippen LogP contribution in [0.25, 0.3) is 0 Å². The number of aryl methyl sites for hydroxylation is 1. The highest BCUT2D eigenvalue weighted by Crippen LogP contribution is 2.21. The zero-order valence-corrected chi connectivity index (χ0v) is 10.4. The largest absolute Gasteiger partial charge is 0.507 e. The quantitative estimate of drug-likeness (QED) is 0.731. The molecule has 0 saturated heterocycles. The zero-order valence-electron chi connectivity index (χ0n) is 8.09. The molecule has 0 radical (unpaired) electrons. The first kappa shape index (κ1) is 12.6. The summed E-state index contributed by atoms with van der Waals surface area (Å²) in [5.74, 6) is 0.118. The second-order valence-electron chi connectivity index (χ2n) is 2.90. The highest BCUT2D eigenvalue weighted by atomic mass is 31.1. The van der Waals surface area contributed by atoms with Crippen LogP contribution in [-0.4, -0.2) is 5.11 Å². The van der Waals surface area contributed by atoms with Gasteiger partial charge in [-0.2, -0.15) is 9.90 Å². The van der Waals surface area contributed by atoms with Crippen LogP contribution < -0.4 is 5.30 Å². The molecule has 4 heteroatoms. The molecule has 1 aromatic carbocycles. The van der Waals surface area contributed by atoms with Crippen LogP contribution in [-0.2, 0) is 4.57 Å². The topological polar surface area (TPSA) is 37.3 Å². The summed E-state index contributed by atoms with van der Waals surface area (Å²) in [5.41, 5.74) is 3.02. The lowest BCUT2D eigenvalue weighted by molar-refractivity contribution is 0.478. The third-order valence-electron chi connectivity index (χ3n) is 2.20. The van der Waals surface area contributed by atoms with E-state index in [1.807, 2.05) is 20.8 Å². The van der Waals surface area contributed by atoms with Crippen LogP contribution in [0.5, 0.6) is 5.75 Å². The maximum absolute atomic E-state index is 10.6. The molecule has 0 aliphatic rings. The fraction of sp³-hybridized carbons (Fsp3) is 0.333. The first-order valence-electron chi connectivity index (χ1n) is 3.71. The van der Waals surface area contributed by atoms with E-state index in [4.69, 9.17) is 0 Å². The molecule has 0 aliphatic heterocycles. The SMILES string of the molecule is Cc1cc(O)c(P=O)c(C)c1C.P. The molecule has 1 rings (SSSR count). The average molecular weight is 216 g/mol. The van der Waals surface area contributed by atoms with E-state index in [0.29, 0.717) is 5.30 Å². The molecule has 0 aliphatic carbocycles. The molecule has 13 heavy (non-hydrogen) atoms. The Balaban J connectivity index is 0.00000144. The monoisotopic (exact) mass is 216 g/mol. The van der Waals surface area contributed by atoms with Crippen LogP contribution >= 0.6 is 18.4 Å². The number of aromatic hydroxyl groups is 1. The van der Waals surface area contributed by atoms with E-state index in [0.717, 1.165) is 16.7 Å². The summed E-state index contributed by atoms with van der Waals surface area (Å²) < 4.78 is 10.6. The number of hydrogen-bond acceptors (Lipinski definition) is 2. The van der Waals surface area contributed by atoms with Gasteiger partial charge in [-0.3, -0.25) is 4.57 Å². The van der Waals surface area contributed by atoms with Crippen molar-refractivity contribution >= 4 is 23.7 Å². The molecule has 0 amide bonds. The highest BCUT2D eigenvalue weighted by molar-refractivity contribution is 7.34. The third-order valence-corrected chi connectivity index (χ3v) is 2.94. The minimum atomic E-state index is -0.117. The van der Waals surface area contributed by atoms with Gasteiger partial charge in [0.25, 0.3) is 0 Å². The van der Waals surface area contributed by atoms with Crippen LogP contribution in [0, 0.1) is 20.8 Å². The Labute approximate surface area is 83.2 Å². The molecule has 72 valence electrons. The summed E-state index contributed by atoms with van der Waals surface area (Å²) in [5, 5.41) is 9.89. The Morgan fingerprint density at radius 1 is 1.23 bits per heavy atom. The van der Waals surface area contributed by atoms with Crippen molar-refractivity contribution in [2.75, 3.05) is 0 Å². The first-order valence-corrected chi connectivity index (χ1v) is 4.52. The lowest BCUT2D eigenvalue weighted by atomic mass is 10.0. The second kappa shape index (κ2) is 4.69. The van der Waals surface area contributed by atoms with E-state index in [9.17, 15) is 9.67 Å². The summed E-state index contributed by atoms with van der Waals surface area (Å²) in [6.07, 6.45) is 0. The van der Waals surface area contributed by atoms with Gasteiger partial charge in [-0.25, -0.2) is 0 Å². The predicted octanol–water partition coefficient (Wildman–Crippen LogP) is 2.29. The standard InChI is InChI=1S/C9H11O2P.H3P/c1-5-4-8(10)9(12-11)7(3)6(5)2;/h4,10H,1-3H3;1H3. The highest BCUT2D eigenvalue weighted by Gasteiger charge is 2.09. The normalized spacial score (nSPS) is 9.77. The Hall–Kier alpha value is -0.450. The number of phenolic OH excluding ortho intramolecular Hbond substituents is 1. The molecule has 0 saturated carbocycles. The third kappa shape index (κ3) is 2.27. The van der Waals surface area contributed by atoms with Crippen LogP contribution in [0.4, 0.5) is 0 Å². The van der Waals surface area contributed by atoms with Crippen molar-refractivity contribution in [3.8, 4) is 5.75 Å². The van der Waals surface area contributed by atoms with Crippen LogP contribution in [0.15, 0.2) is 6.07 Å². The summed E-state index contributed by atoms with van der Waals surface area (Å²) in [6.45, 7) is 5.74. The van der Waals surface area contributed by atoms with E-state index >= 15 is 0 Å². The van der Waals surface area contributed by atoms with Gasteiger partial charge < -0.3 is 5.11 Å². The van der Waals surface area contributed by atoms with E-state index in [2.05, 4.69) is 0 Å². The van der Waals surface area contributed by atoms with Crippen LogP contribution in [0.1, 0.15) is 16.7 Å². The maximum Gasteiger partial charge on any atom is 0.196 e. The van der Waals surface area contributed by atoms with Gasteiger partial charge in [0.1, 0.15) is 5.75 Å². The summed E-state index contributed by atoms with van der Waals surface area (Å²) in [6, 6.07) is 1.64. The molecule has 1 unspecified atom stereocenters. The van der Waals surface area contributed by atoms with Crippen molar-refractivity contribution < 1.29 is 9.67 Å². The Morgan fingerprint density at radius 2 is 1.77 bits per heavy atom. The Bertz CT molecular complexity index is 335. The molecule has 1 N–H and O–H groups in total. The number of rotatable bonds is 1. The average Bonchev–Trinajstić information content (AvgIpc) is 2.01. The zero-order chi connectivity index (χ0) is 9.30. The molecule has 1 atom stereocenters. The molecule has 0 spiro atoms. The Kier molecular flexibility index (Phi) is 4.53. The van der Waals surface area contributed by atoms with Crippen LogP contribution in [0.2, 0.25) is 0 Å². The Morgan fingerprint density at radius 3 is 2.23 bits per heavy atom. The summed E-state index contributed by atoms with van der Waals surface area (Å²) in [4.78, 5) is 0. The summed E-state index contributed by atoms with van der Waals surface area (Å²) in [7, 11) is -0.117. The minimum absolute atomic E-state index is 0. The minimum Gasteiger partial charge on any atom is -0.507 e. The maximum atomic E-state index is 10.6. The van der Waals surface area contributed by atoms with Gasteiger partial charge in [0.15, 0.2) is 8.46 Å². The molecule has 0 bridgehead atoms. The molecular formula is C9H14O2P2. The van der Waals surface area contributed by atoms with Gasteiger partial charge in [0.05, 0.1) is 5.30 Å². The lowest BCUT2D eigenvalue weighted by Crippen LogP contribution is -2.03. The molecule has 0 fully saturated rings. The van der Waals surface area contributed by atoms with Gasteiger partial charge in [-0.15, -0.1) is 0 Å². The van der Waals surface area contributed by atoms with E-state index in [1.54, 1.807) is 6.07 Å². The smallest absolute Gasteiger partial charge is 0.196 e.